The Morgan fingerprint density at radius 2 is 2.36 bits per heavy atom. The van der Waals surface area contributed by atoms with Gasteiger partial charge in [-0.2, -0.15) is 0 Å². The number of hydrogen-bond acceptors (Lipinski definition) is 3. The third kappa shape index (κ3) is 1.85. The van der Waals surface area contributed by atoms with Gasteiger partial charge in [-0.15, -0.1) is 0 Å². The van der Waals surface area contributed by atoms with Crippen molar-refractivity contribution in [1.82, 2.24) is 4.98 Å². The smallest absolute Gasteiger partial charge is 0.272 e. The molecule has 1 unspecified atom stereocenters. The molecule has 1 N–H and O–H groups in total. The lowest BCUT2D eigenvalue weighted by Crippen LogP contribution is -2.27. The molecule has 1 aliphatic rings. The highest BCUT2D eigenvalue weighted by Gasteiger charge is 2.15. The summed E-state index contributed by atoms with van der Waals surface area (Å²) in [6.07, 6.45) is 8.35. The van der Waals surface area contributed by atoms with Crippen molar-refractivity contribution >= 4 is 17.8 Å². The van der Waals surface area contributed by atoms with E-state index in [1.807, 2.05) is 12.1 Å². The van der Waals surface area contributed by atoms with Gasteiger partial charge in [0.1, 0.15) is 6.04 Å². The molecule has 1 aliphatic heterocycles. The van der Waals surface area contributed by atoms with E-state index in [9.17, 15) is 4.79 Å². The molecule has 2 rings (SSSR count). The molecule has 70 valence electrons. The van der Waals surface area contributed by atoms with Crippen LogP contribution in [0.2, 0.25) is 0 Å². The number of rotatable bonds is 2. The molecule has 4 nitrogen and oxygen atoms in total. The van der Waals surface area contributed by atoms with Crippen molar-refractivity contribution in [3.63, 3.8) is 0 Å². The standard InChI is InChI=1S/C10H9N3O/c14-10-9(4-2-6-12-10)13-8-3-1-5-11-7-8/h1-7,9,13H. The quantitative estimate of drug-likeness (QED) is 0.752. The SMILES string of the molecule is O=C1N=CC=CC1Nc1cccnc1. The molecule has 1 atom stereocenters. The Morgan fingerprint density at radius 1 is 1.43 bits per heavy atom. The first-order valence-electron chi connectivity index (χ1n) is 4.27. The fourth-order valence-electron chi connectivity index (χ4n) is 1.18. The van der Waals surface area contributed by atoms with Crippen molar-refractivity contribution in [3.8, 4) is 0 Å². The average molecular weight is 187 g/mol. The van der Waals surface area contributed by atoms with Gasteiger partial charge >= 0.3 is 0 Å². The summed E-state index contributed by atoms with van der Waals surface area (Å²) >= 11 is 0. The molecule has 1 amide bonds. The zero-order valence-corrected chi connectivity index (χ0v) is 7.42. The van der Waals surface area contributed by atoms with Crippen molar-refractivity contribution in [2.75, 3.05) is 5.32 Å². The topological polar surface area (TPSA) is 54.4 Å². The third-order valence-corrected chi connectivity index (χ3v) is 1.84. The van der Waals surface area contributed by atoms with E-state index in [1.165, 1.54) is 6.21 Å². The number of dihydropyridines is 1. The van der Waals surface area contributed by atoms with Crippen LogP contribution < -0.4 is 5.32 Å². The Kier molecular flexibility index (Phi) is 2.36. The first-order valence-corrected chi connectivity index (χ1v) is 4.27. The van der Waals surface area contributed by atoms with Crippen LogP contribution in [0.3, 0.4) is 0 Å². The second-order valence-electron chi connectivity index (χ2n) is 2.87. The largest absolute Gasteiger partial charge is 0.369 e. The highest BCUT2D eigenvalue weighted by atomic mass is 16.1. The van der Waals surface area contributed by atoms with Gasteiger partial charge in [-0.3, -0.25) is 9.78 Å². The summed E-state index contributed by atoms with van der Waals surface area (Å²) < 4.78 is 0. The maximum Gasteiger partial charge on any atom is 0.272 e. The summed E-state index contributed by atoms with van der Waals surface area (Å²) in [4.78, 5) is 18.9. The molecule has 0 bridgehead atoms. The van der Waals surface area contributed by atoms with Crippen LogP contribution in [0.25, 0.3) is 0 Å². The lowest BCUT2D eigenvalue weighted by molar-refractivity contribution is -0.117. The van der Waals surface area contributed by atoms with Gasteiger partial charge in [0.25, 0.3) is 5.91 Å². The number of nitrogens with zero attached hydrogens (tertiary/aromatic N) is 2. The molecule has 0 radical (unpaired) electrons. The van der Waals surface area contributed by atoms with Crippen LogP contribution in [0.4, 0.5) is 5.69 Å². The summed E-state index contributed by atoms with van der Waals surface area (Å²) in [5, 5.41) is 3.02. The van der Waals surface area contributed by atoms with Gasteiger partial charge in [-0.05, 0) is 18.2 Å². The van der Waals surface area contributed by atoms with Crippen LogP contribution in [-0.2, 0) is 4.79 Å². The van der Waals surface area contributed by atoms with Crippen molar-refractivity contribution in [1.29, 1.82) is 0 Å². The van der Waals surface area contributed by atoms with Crippen LogP contribution in [0.15, 0.2) is 41.7 Å². The Balaban J connectivity index is 2.09. The molecular formula is C10H9N3O. The van der Waals surface area contributed by atoms with E-state index in [4.69, 9.17) is 0 Å². The number of allylic oxidation sites excluding steroid dienone is 1. The number of anilines is 1. The molecule has 0 aliphatic carbocycles. The van der Waals surface area contributed by atoms with Crippen LogP contribution in [0.5, 0.6) is 0 Å². The molecule has 0 spiro atoms. The van der Waals surface area contributed by atoms with Crippen LogP contribution in [0, 0.1) is 0 Å². The molecule has 1 aromatic rings. The lowest BCUT2D eigenvalue weighted by Gasteiger charge is -2.13. The number of hydrogen-bond donors (Lipinski definition) is 1. The minimum Gasteiger partial charge on any atom is -0.369 e. The third-order valence-electron chi connectivity index (χ3n) is 1.84. The number of carbonyl (C=O) groups is 1. The predicted octanol–water partition coefficient (Wildman–Crippen LogP) is 1.03. The molecule has 0 aromatic carbocycles. The maximum atomic E-state index is 11.3. The Bertz CT molecular complexity index is 384. The number of pyridine rings is 1. The van der Waals surface area contributed by atoms with E-state index in [1.54, 1.807) is 24.5 Å². The highest BCUT2D eigenvalue weighted by Crippen LogP contribution is 2.08. The summed E-state index contributed by atoms with van der Waals surface area (Å²) in [5.41, 5.74) is 0.813. The van der Waals surface area contributed by atoms with Crippen LogP contribution in [-0.4, -0.2) is 23.1 Å². The van der Waals surface area contributed by atoms with Gasteiger partial charge in [0, 0.05) is 18.6 Å². The van der Waals surface area contributed by atoms with Crippen molar-refractivity contribution in [2.24, 2.45) is 4.99 Å². The van der Waals surface area contributed by atoms with Crippen LogP contribution >= 0.6 is 0 Å². The van der Waals surface area contributed by atoms with E-state index in [0.717, 1.165) is 5.69 Å². The van der Waals surface area contributed by atoms with E-state index >= 15 is 0 Å². The first kappa shape index (κ1) is 8.62. The van der Waals surface area contributed by atoms with E-state index < -0.39 is 0 Å². The van der Waals surface area contributed by atoms with Gasteiger partial charge in [0.2, 0.25) is 0 Å². The number of aliphatic imine (C=N–C) groups is 1. The normalized spacial score (nSPS) is 19.7. The van der Waals surface area contributed by atoms with Gasteiger partial charge in [0.15, 0.2) is 0 Å². The molecule has 4 heteroatoms. The maximum absolute atomic E-state index is 11.3. The average Bonchev–Trinajstić information content (AvgIpc) is 2.23. The monoisotopic (exact) mass is 187 g/mol. The fraction of sp³-hybridized carbons (Fsp3) is 0.100. The van der Waals surface area contributed by atoms with Crippen LogP contribution in [0.1, 0.15) is 0 Å². The lowest BCUT2D eigenvalue weighted by atomic mass is 10.2. The minimum absolute atomic E-state index is 0.184. The zero-order chi connectivity index (χ0) is 9.80. The minimum atomic E-state index is -0.371. The Labute approximate surface area is 81.4 Å². The van der Waals surface area contributed by atoms with Crippen molar-refractivity contribution < 1.29 is 4.79 Å². The first-order chi connectivity index (χ1) is 6.86. The number of aromatic nitrogens is 1. The van der Waals surface area contributed by atoms with Gasteiger partial charge in [-0.1, -0.05) is 6.08 Å². The highest BCUT2D eigenvalue weighted by molar-refractivity contribution is 5.98. The Hall–Kier alpha value is -1.97. The summed E-state index contributed by atoms with van der Waals surface area (Å²) in [6.45, 7) is 0. The van der Waals surface area contributed by atoms with E-state index in [0.29, 0.717) is 0 Å². The molecule has 0 fully saturated rings. The van der Waals surface area contributed by atoms with E-state index in [2.05, 4.69) is 15.3 Å². The molecular weight excluding hydrogens is 178 g/mol. The fourth-order valence-corrected chi connectivity index (χ4v) is 1.18. The number of nitrogens with one attached hydrogen (secondary N) is 1. The van der Waals surface area contributed by atoms with Crippen molar-refractivity contribution in [3.05, 3.63) is 36.7 Å². The second kappa shape index (κ2) is 3.83. The molecule has 2 heterocycles. The second-order valence-corrected chi connectivity index (χ2v) is 2.87. The van der Waals surface area contributed by atoms with Crippen molar-refractivity contribution in [2.45, 2.75) is 6.04 Å². The summed E-state index contributed by atoms with van der Waals surface area (Å²) in [7, 11) is 0. The summed E-state index contributed by atoms with van der Waals surface area (Å²) in [6, 6.07) is 3.29. The number of carbonyl (C=O) groups excluding carboxylic acids is 1. The predicted molar refractivity (Wildman–Crippen MR) is 54.3 cm³/mol. The van der Waals surface area contributed by atoms with Gasteiger partial charge < -0.3 is 5.32 Å². The molecule has 0 saturated carbocycles. The molecule has 1 aromatic heterocycles. The van der Waals surface area contributed by atoms with E-state index in [-0.39, 0.29) is 11.9 Å². The molecule has 0 saturated heterocycles. The summed E-state index contributed by atoms with van der Waals surface area (Å²) in [5.74, 6) is -0.184. The zero-order valence-electron chi connectivity index (χ0n) is 7.42. The Morgan fingerprint density at radius 3 is 3.07 bits per heavy atom. The van der Waals surface area contributed by atoms with Gasteiger partial charge in [0.05, 0.1) is 5.69 Å². The molecule has 14 heavy (non-hydrogen) atoms. The van der Waals surface area contributed by atoms with Gasteiger partial charge in [-0.25, -0.2) is 4.99 Å². The number of amides is 1.